The smallest absolute Gasteiger partial charge is 0.372 e. The van der Waals surface area contributed by atoms with E-state index in [2.05, 4.69) is 5.32 Å². The lowest BCUT2D eigenvalue weighted by atomic mass is 10.1. The summed E-state index contributed by atoms with van der Waals surface area (Å²) >= 11 is 0.804. The number of carbonyl (C=O) groups excluding carboxylic acids is 4. The minimum Gasteiger partial charge on any atom is -0.418 e. The Morgan fingerprint density at radius 3 is 2.20 bits per heavy atom. The minimum atomic E-state index is -0.803. The number of ketones is 1. The van der Waals surface area contributed by atoms with Crippen molar-refractivity contribution in [3.63, 3.8) is 0 Å². The van der Waals surface area contributed by atoms with E-state index in [-0.39, 0.29) is 23.4 Å². The Morgan fingerprint density at radius 1 is 1.12 bits per heavy atom. The second-order valence-electron chi connectivity index (χ2n) is 5.67. The van der Waals surface area contributed by atoms with Gasteiger partial charge in [-0.2, -0.15) is 0 Å². The fourth-order valence-corrected chi connectivity index (χ4v) is 2.66. The molecule has 0 fully saturated rings. The molecule has 0 aliphatic rings. The van der Waals surface area contributed by atoms with E-state index in [1.165, 1.54) is 18.7 Å². The number of hydrogen-bond acceptors (Lipinski definition) is 6. The molecule has 0 radical (unpaired) electrons. The maximum absolute atomic E-state index is 12.0. The zero-order valence-electron chi connectivity index (χ0n) is 14.7. The largest absolute Gasteiger partial charge is 0.418 e. The van der Waals surface area contributed by atoms with Crippen molar-refractivity contribution in [2.24, 2.45) is 0 Å². The Labute approximate surface area is 151 Å². The lowest BCUT2D eigenvalue weighted by molar-refractivity contribution is -0.133. The van der Waals surface area contributed by atoms with E-state index in [0.717, 1.165) is 17.3 Å². The average Bonchev–Trinajstić information content (AvgIpc) is 2.51. The Kier molecular flexibility index (Phi) is 8.13. The number of nitrogens with zero attached hydrogens (tertiary/aromatic N) is 1. The summed E-state index contributed by atoms with van der Waals surface area (Å²) in [7, 11) is 3.14. The van der Waals surface area contributed by atoms with E-state index in [0.29, 0.717) is 12.2 Å². The fraction of sp³-hybridized carbons (Fsp3) is 0.412. The van der Waals surface area contributed by atoms with Gasteiger partial charge in [-0.25, -0.2) is 4.79 Å². The molecule has 0 heterocycles. The van der Waals surface area contributed by atoms with Crippen molar-refractivity contribution in [2.75, 3.05) is 19.8 Å². The molecule has 1 N–H and O–H groups in total. The van der Waals surface area contributed by atoms with Crippen molar-refractivity contribution in [2.45, 2.75) is 26.3 Å². The topological polar surface area (TPSA) is 92.8 Å². The predicted molar refractivity (Wildman–Crippen MR) is 95.6 cm³/mol. The zero-order chi connectivity index (χ0) is 19.0. The maximum atomic E-state index is 12.0. The van der Waals surface area contributed by atoms with Gasteiger partial charge >= 0.3 is 5.30 Å². The van der Waals surface area contributed by atoms with Crippen molar-refractivity contribution in [3.05, 3.63) is 29.8 Å². The summed E-state index contributed by atoms with van der Waals surface area (Å²) in [6.45, 7) is 2.81. The Balaban J connectivity index is 2.58. The third-order valence-electron chi connectivity index (χ3n) is 3.06. The summed E-state index contributed by atoms with van der Waals surface area (Å²) < 4.78 is 5.17. The molecule has 0 bridgehead atoms. The highest BCUT2D eigenvalue weighted by Crippen LogP contribution is 2.17. The summed E-state index contributed by atoms with van der Waals surface area (Å²) in [5.74, 6) is -0.188. The summed E-state index contributed by atoms with van der Waals surface area (Å²) in [6, 6.07) is 5.83. The molecular weight excluding hydrogens is 344 g/mol. The number of likely N-dealkylation sites (N-methyl/N-ethyl adjacent to an activating group) is 1. The Bertz CT molecular complexity index is 643. The van der Waals surface area contributed by atoms with Crippen LogP contribution in [-0.2, 0) is 20.8 Å². The molecule has 136 valence electrons. The lowest BCUT2D eigenvalue weighted by Gasteiger charge is -2.20. The monoisotopic (exact) mass is 366 g/mol. The van der Waals surface area contributed by atoms with Gasteiger partial charge in [0, 0.05) is 33.2 Å². The van der Waals surface area contributed by atoms with Crippen molar-refractivity contribution in [1.82, 2.24) is 10.2 Å². The van der Waals surface area contributed by atoms with Gasteiger partial charge in [0.05, 0.1) is 0 Å². The van der Waals surface area contributed by atoms with Crippen LogP contribution in [-0.4, -0.2) is 53.7 Å². The highest BCUT2D eigenvalue weighted by Gasteiger charge is 2.23. The van der Waals surface area contributed by atoms with Gasteiger partial charge in [0.1, 0.15) is 17.6 Å². The number of rotatable bonds is 7. The number of carbonyl (C=O) groups is 4. The first-order chi connectivity index (χ1) is 11.7. The molecule has 1 aromatic carbocycles. The number of ether oxygens (including phenoxy) is 1. The van der Waals surface area contributed by atoms with Gasteiger partial charge in [-0.05, 0) is 36.4 Å². The number of nitrogens with one attached hydrogen (secondary N) is 1. The normalized spacial score (nSPS) is 11.4. The van der Waals surface area contributed by atoms with Gasteiger partial charge in [-0.3, -0.25) is 14.4 Å². The first-order valence-corrected chi connectivity index (χ1v) is 8.59. The molecule has 0 aliphatic carbocycles. The van der Waals surface area contributed by atoms with Crippen LogP contribution in [0.3, 0.4) is 0 Å². The number of amides is 2. The molecule has 2 amide bonds. The van der Waals surface area contributed by atoms with Crippen LogP contribution in [0.5, 0.6) is 5.75 Å². The highest BCUT2D eigenvalue weighted by molar-refractivity contribution is 8.13. The SMILES string of the molecule is CC(=O)Cc1ccc(OC(=O)SC[C@H](NC(C)=O)C(=O)N(C)C)cc1. The van der Waals surface area contributed by atoms with Crippen molar-refractivity contribution in [1.29, 1.82) is 0 Å². The molecule has 0 saturated heterocycles. The fourth-order valence-electron chi connectivity index (χ4n) is 1.97. The quantitative estimate of drug-likeness (QED) is 0.738. The van der Waals surface area contributed by atoms with E-state index in [9.17, 15) is 19.2 Å². The molecule has 8 heteroatoms. The predicted octanol–water partition coefficient (Wildman–Crippen LogP) is 1.64. The van der Waals surface area contributed by atoms with Crippen LogP contribution in [0, 0.1) is 0 Å². The van der Waals surface area contributed by atoms with Crippen molar-refractivity contribution >= 4 is 34.7 Å². The molecule has 1 atom stereocenters. The van der Waals surface area contributed by atoms with Gasteiger partial charge in [-0.15, -0.1) is 0 Å². The van der Waals surface area contributed by atoms with E-state index < -0.39 is 11.3 Å². The van der Waals surface area contributed by atoms with Crippen LogP contribution < -0.4 is 10.1 Å². The lowest BCUT2D eigenvalue weighted by Crippen LogP contribution is -2.47. The van der Waals surface area contributed by atoms with Crippen LogP contribution in [0.2, 0.25) is 0 Å². The van der Waals surface area contributed by atoms with Crippen molar-refractivity contribution < 1.29 is 23.9 Å². The van der Waals surface area contributed by atoms with Gasteiger partial charge in [0.2, 0.25) is 11.8 Å². The Hall–Kier alpha value is -2.35. The third-order valence-corrected chi connectivity index (χ3v) is 3.88. The number of hydrogen-bond donors (Lipinski definition) is 1. The number of thioether (sulfide) groups is 1. The molecule has 0 unspecified atom stereocenters. The van der Waals surface area contributed by atoms with Gasteiger partial charge in [0.25, 0.3) is 0 Å². The van der Waals surface area contributed by atoms with Crippen LogP contribution in [0.1, 0.15) is 19.4 Å². The van der Waals surface area contributed by atoms with Gasteiger partial charge in [0.15, 0.2) is 0 Å². The maximum Gasteiger partial charge on any atom is 0.372 e. The Morgan fingerprint density at radius 2 is 1.72 bits per heavy atom. The van der Waals surface area contributed by atoms with Crippen LogP contribution in [0.25, 0.3) is 0 Å². The number of Topliss-reactive ketones (excluding diaryl/α,β-unsaturated/α-hetero) is 1. The molecule has 1 aromatic rings. The molecule has 7 nitrogen and oxygen atoms in total. The number of benzene rings is 1. The molecule has 0 saturated carbocycles. The standard InChI is InChI=1S/C17H22N2O5S/c1-11(20)9-13-5-7-14(8-6-13)24-17(23)25-10-15(18-12(2)21)16(22)19(3)4/h5-8,15H,9-10H2,1-4H3,(H,18,21)/t15-/m0/s1. The molecule has 0 aliphatic heterocycles. The van der Waals surface area contributed by atoms with Crippen molar-refractivity contribution in [3.8, 4) is 5.75 Å². The molecule has 0 spiro atoms. The minimum absolute atomic E-state index is 0.0508. The van der Waals surface area contributed by atoms with Crippen LogP contribution in [0.4, 0.5) is 4.79 Å². The summed E-state index contributed by atoms with van der Waals surface area (Å²) in [4.78, 5) is 47.5. The second kappa shape index (κ2) is 9.83. The second-order valence-corrected chi connectivity index (χ2v) is 6.63. The first-order valence-electron chi connectivity index (χ1n) is 7.60. The first kappa shape index (κ1) is 20.7. The molecular formula is C17H22N2O5S. The zero-order valence-corrected chi connectivity index (χ0v) is 15.5. The molecule has 0 aromatic heterocycles. The van der Waals surface area contributed by atoms with E-state index in [1.807, 2.05) is 0 Å². The highest BCUT2D eigenvalue weighted by atomic mass is 32.2. The van der Waals surface area contributed by atoms with E-state index in [1.54, 1.807) is 38.4 Å². The van der Waals surface area contributed by atoms with Crippen LogP contribution >= 0.6 is 11.8 Å². The molecule has 25 heavy (non-hydrogen) atoms. The average molecular weight is 366 g/mol. The van der Waals surface area contributed by atoms with Gasteiger partial charge < -0.3 is 15.0 Å². The third kappa shape index (κ3) is 7.84. The summed E-state index contributed by atoms with van der Waals surface area (Å²) in [5, 5.41) is 1.93. The van der Waals surface area contributed by atoms with Crippen LogP contribution in [0.15, 0.2) is 24.3 Å². The summed E-state index contributed by atoms with van der Waals surface area (Å²) in [6.07, 6.45) is 0.327. The van der Waals surface area contributed by atoms with E-state index in [4.69, 9.17) is 4.74 Å². The summed E-state index contributed by atoms with van der Waals surface area (Å²) in [5.41, 5.74) is 0.835. The molecule has 1 rings (SSSR count). The van der Waals surface area contributed by atoms with E-state index >= 15 is 0 Å². The van der Waals surface area contributed by atoms with Gasteiger partial charge in [-0.1, -0.05) is 12.1 Å².